The van der Waals surface area contributed by atoms with Gasteiger partial charge in [-0.05, 0) is 36.1 Å². The Morgan fingerprint density at radius 2 is 1.55 bits per heavy atom. The molecular weight excluding hydrogens is 537 g/mol. The van der Waals surface area contributed by atoms with Gasteiger partial charge < -0.3 is 5.32 Å². The Kier molecular flexibility index (Phi) is 13.6. The fourth-order valence-corrected chi connectivity index (χ4v) is 3.60. The molecule has 1 heterocycles. The number of hydrogen-bond acceptors (Lipinski definition) is 6. The molecule has 1 N–H and O–H groups in total. The van der Waals surface area contributed by atoms with Gasteiger partial charge in [-0.25, -0.2) is 0 Å². The molecule has 1 aromatic heterocycles. The van der Waals surface area contributed by atoms with Crippen LogP contribution in [-0.4, -0.2) is 73.4 Å². The predicted molar refractivity (Wildman–Crippen MR) is 123 cm³/mol. The molecule has 0 aliphatic heterocycles. The maximum absolute atomic E-state index is 12.3. The van der Waals surface area contributed by atoms with Crippen LogP contribution in [0, 0.1) is 0 Å². The molecule has 1 unspecified atom stereocenters. The minimum atomic E-state index is -0.121. The molecule has 0 saturated carbocycles. The standard InChI is InChI=1S/C24H37IN3O5/c1-19(2)23-17-27-28(18-23)20(3)21-5-7-22(8-6-21)24(29)26-9-10-30-11-12-31-13-14-32-15-16-33-25-4/h5-8,17-20H,9-16H2,1-4H3,(H,26,29)/q-1. The van der Waals surface area contributed by atoms with Crippen LogP contribution in [0.15, 0.2) is 36.7 Å². The van der Waals surface area contributed by atoms with Crippen LogP contribution >= 0.6 is 0 Å². The number of amides is 1. The van der Waals surface area contributed by atoms with Crippen LogP contribution in [0.25, 0.3) is 0 Å². The molecule has 1 aromatic carbocycles. The molecule has 0 radical (unpaired) electrons. The third-order valence-electron chi connectivity index (χ3n) is 5.03. The molecule has 0 spiro atoms. The summed E-state index contributed by atoms with van der Waals surface area (Å²) in [7, 11) is 0. The van der Waals surface area contributed by atoms with Gasteiger partial charge in [0.2, 0.25) is 0 Å². The summed E-state index contributed by atoms with van der Waals surface area (Å²) >= 11 is -0.121. The maximum atomic E-state index is 12.3. The minimum Gasteiger partial charge on any atom is -0.350 e. The van der Waals surface area contributed by atoms with Crippen LogP contribution in [0.3, 0.4) is 0 Å². The van der Waals surface area contributed by atoms with E-state index in [2.05, 4.69) is 42.3 Å². The quantitative estimate of drug-likeness (QED) is 0.163. The molecule has 0 bridgehead atoms. The zero-order chi connectivity index (χ0) is 23.9. The second-order valence-corrected chi connectivity index (χ2v) is 9.27. The normalized spacial score (nSPS) is 12.4. The van der Waals surface area contributed by atoms with E-state index in [0.29, 0.717) is 64.3 Å². The summed E-state index contributed by atoms with van der Waals surface area (Å²) in [5, 5.41) is 7.35. The van der Waals surface area contributed by atoms with E-state index in [0.717, 1.165) is 5.56 Å². The first-order chi connectivity index (χ1) is 16.0. The van der Waals surface area contributed by atoms with E-state index in [-0.39, 0.29) is 33.6 Å². The number of ether oxygens (including phenoxy) is 3. The first-order valence-corrected chi connectivity index (χ1v) is 14.3. The monoisotopic (exact) mass is 574 g/mol. The van der Waals surface area contributed by atoms with Crippen molar-refractivity contribution in [2.24, 2.45) is 0 Å². The van der Waals surface area contributed by atoms with Crippen LogP contribution in [0.5, 0.6) is 0 Å². The van der Waals surface area contributed by atoms with Gasteiger partial charge in [0.05, 0.1) is 12.2 Å². The van der Waals surface area contributed by atoms with E-state index in [1.807, 2.05) is 35.1 Å². The van der Waals surface area contributed by atoms with E-state index in [4.69, 9.17) is 17.3 Å². The van der Waals surface area contributed by atoms with Crippen LogP contribution in [0.1, 0.15) is 54.2 Å². The number of rotatable bonds is 17. The Hall–Kier alpha value is -1.53. The summed E-state index contributed by atoms with van der Waals surface area (Å²) in [6, 6.07) is 7.76. The number of carbonyl (C=O) groups excluding carboxylic acids is 1. The second-order valence-electron chi connectivity index (χ2n) is 7.77. The molecule has 1 atom stereocenters. The predicted octanol–water partition coefficient (Wildman–Crippen LogP) is 0.0458. The smallest absolute Gasteiger partial charge is 0.350 e. The van der Waals surface area contributed by atoms with Gasteiger partial charge in [0, 0.05) is 11.8 Å². The zero-order valence-corrected chi connectivity index (χ0v) is 22.2. The van der Waals surface area contributed by atoms with Gasteiger partial charge >= 0.3 is 96.6 Å². The summed E-state index contributed by atoms with van der Waals surface area (Å²) in [6.45, 7) is 10.6. The Morgan fingerprint density at radius 3 is 2.12 bits per heavy atom. The van der Waals surface area contributed by atoms with E-state index in [1.165, 1.54) is 5.56 Å². The molecule has 33 heavy (non-hydrogen) atoms. The van der Waals surface area contributed by atoms with Crippen molar-refractivity contribution < 1.29 is 43.7 Å². The first kappa shape index (κ1) is 27.7. The van der Waals surface area contributed by atoms with Gasteiger partial charge in [-0.3, -0.25) is 9.48 Å². The van der Waals surface area contributed by atoms with Crippen LogP contribution in [-0.2, 0) is 17.3 Å². The third kappa shape index (κ3) is 10.5. The Morgan fingerprint density at radius 1 is 0.939 bits per heavy atom. The molecule has 0 fully saturated rings. The molecule has 2 rings (SSSR count). The van der Waals surface area contributed by atoms with Crippen LogP contribution in [0.2, 0.25) is 0 Å². The summed E-state index contributed by atoms with van der Waals surface area (Å²) in [6.07, 6.45) is 4.00. The van der Waals surface area contributed by atoms with Crippen molar-refractivity contribution in [2.75, 3.05) is 57.7 Å². The number of hydrogen-bond donors (Lipinski definition) is 1. The Labute approximate surface area is 208 Å². The molecule has 186 valence electrons. The topological polar surface area (TPSA) is 83.8 Å². The van der Waals surface area contributed by atoms with Crippen molar-refractivity contribution in [3.63, 3.8) is 0 Å². The van der Waals surface area contributed by atoms with Crippen molar-refractivity contribution in [3.8, 4) is 0 Å². The molecular formula is C24H37IN3O5-. The SMILES string of the molecule is C[I-]OCCOCCOCCOCCNC(=O)c1ccc(C(C)n2cc(C(C)C)cn2)cc1. The molecule has 0 aliphatic rings. The molecule has 8 nitrogen and oxygen atoms in total. The summed E-state index contributed by atoms with van der Waals surface area (Å²) in [5.74, 6) is 0.339. The third-order valence-corrected chi connectivity index (χ3v) is 6.09. The summed E-state index contributed by atoms with van der Waals surface area (Å²) in [5.41, 5.74) is 2.95. The average molecular weight is 574 g/mol. The van der Waals surface area contributed by atoms with Gasteiger partial charge in [-0.15, -0.1) is 0 Å². The zero-order valence-electron chi connectivity index (χ0n) is 20.1. The van der Waals surface area contributed by atoms with Gasteiger partial charge in [0.25, 0.3) is 5.91 Å². The Bertz CT molecular complexity index is 798. The second kappa shape index (κ2) is 16.2. The van der Waals surface area contributed by atoms with Crippen LogP contribution in [0.4, 0.5) is 0 Å². The van der Waals surface area contributed by atoms with Gasteiger partial charge in [-0.2, -0.15) is 5.10 Å². The fourth-order valence-electron chi connectivity index (χ4n) is 2.98. The van der Waals surface area contributed by atoms with Gasteiger partial charge in [-0.1, -0.05) is 26.0 Å². The number of nitrogens with zero attached hydrogens (tertiary/aromatic N) is 2. The van der Waals surface area contributed by atoms with Gasteiger partial charge in [0.1, 0.15) is 0 Å². The van der Waals surface area contributed by atoms with Crippen LogP contribution < -0.4 is 26.9 Å². The van der Waals surface area contributed by atoms with Crippen molar-refractivity contribution in [3.05, 3.63) is 53.3 Å². The van der Waals surface area contributed by atoms with Gasteiger partial charge in [0.15, 0.2) is 0 Å². The molecule has 9 heteroatoms. The summed E-state index contributed by atoms with van der Waals surface area (Å²) < 4.78 is 23.6. The molecule has 0 saturated heterocycles. The van der Waals surface area contributed by atoms with E-state index < -0.39 is 0 Å². The molecule has 2 aromatic rings. The molecule has 1 amide bonds. The van der Waals surface area contributed by atoms with Crippen molar-refractivity contribution in [2.45, 2.75) is 32.7 Å². The van der Waals surface area contributed by atoms with Crippen molar-refractivity contribution in [1.29, 1.82) is 0 Å². The number of nitrogens with one attached hydrogen (secondary N) is 1. The number of aromatic nitrogens is 2. The number of alkyl halides is 1. The first-order valence-electron chi connectivity index (χ1n) is 11.3. The minimum absolute atomic E-state index is 0.105. The van der Waals surface area contributed by atoms with E-state index in [9.17, 15) is 4.79 Å². The van der Waals surface area contributed by atoms with Crippen molar-refractivity contribution in [1.82, 2.24) is 15.1 Å². The van der Waals surface area contributed by atoms with E-state index in [1.54, 1.807) is 0 Å². The van der Waals surface area contributed by atoms with Crippen molar-refractivity contribution >= 4 is 5.91 Å². The number of halogens is 1. The fraction of sp³-hybridized carbons (Fsp3) is 0.583. The summed E-state index contributed by atoms with van der Waals surface area (Å²) in [4.78, 5) is 14.4. The molecule has 0 aliphatic carbocycles. The number of carbonyl (C=O) groups is 1. The average Bonchev–Trinajstić information content (AvgIpc) is 3.32. The number of benzene rings is 1. The Balaban J connectivity index is 1.57. The van der Waals surface area contributed by atoms with E-state index >= 15 is 0 Å².